The number of anilines is 2. The Balaban J connectivity index is 1.92. The number of nitrogen functional groups attached to an aromatic ring is 1. The van der Waals surface area contributed by atoms with Crippen molar-refractivity contribution < 1.29 is 0 Å². The molecule has 3 rings (SSSR count). The highest BCUT2D eigenvalue weighted by Gasteiger charge is 2.11. The topological polar surface area (TPSA) is 42.2 Å². The van der Waals surface area contributed by atoms with Crippen LogP contribution in [0.4, 0.5) is 10.8 Å². The van der Waals surface area contributed by atoms with E-state index >= 15 is 0 Å². The van der Waals surface area contributed by atoms with E-state index in [-0.39, 0.29) is 0 Å². The number of nitrogens with zero attached hydrogens (tertiary/aromatic N) is 2. The summed E-state index contributed by atoms with van der Waals surface area (Å²) in [6, 6.07) is 10.1. The fourth-order valence-corrected chi connectivity index (χ4v) is 3.77. The molecule has 0 saturated carbocycles. The smallest absolute Gasteiger partial charge is 0.186 e. The van der Waals surface area contributed by atoms with E-state index in [4.69, 9.17) is 10.7 Å². The summed E-state index contributed by atoms with van der Waals surface area (Å²) >= 11 is 3.49. The van der Waals surface area contributed by atoms with Gasteiger partial charge in [-0.1, -0.05) is 17.4 Å². The molecule has 0 radical (unpaired) electrons. The van der Waals surface area contributed by atoms with Crippen molar-refractivity contribution in [2.75, 3.05) is 17.2 Å². The van der Waals surface area contributed by atoms with Crippen molar-refractivity contribution in [1.82, 2.24) is 4.98 Å². The summed E-state index contributed by atoms with van der Waals surface area (Å²) < 4.78 is 1.15. The van der Waals surface area contributed by atoms with E-state index in [1.165, 1.54) is 4.88 Å². The van der Waals surface area contributed by atoms with Crippen LogP contribution in [-0.4, -0.2) is 11.5 Å². The van der Waals surface area contributed by atoms with Gasteiger partial charge in [0, 0.05) is 17.1 Å². The van der Waals surface area contributed by atoms with Crippen LogP contribution in [0.15, 0.2) is 35.7 Å². The monoisotopic (exact) mass is 289 g/mol. The van der Waals surface area contributed by atoms with Crippen molar-refractivity contribution in [2.24, 2.45) is 0 Å². The molecule has 98 valence electrons. The van der Waals surface area contributed by atoms with Gasteiger partial charge in [-0.3, -0.25) is 0 Å². The van der Waals surface area contributed by atoms with E-state index in [0.29, 0.717) is 0 Å². The van der Waals surface area contributed by atoms with Crippen LogP contribution in [0.5, 0.6) is 0 Å². The van der Waals surface area contributed by atoms with Gasteiger partial charge in [-0.25, -0.2) is 4.98 Å². The molecular weight excluding hydrogens is 274 g/mol. The number of aromatic nitrogens is 1. The molecule has 0 spiro atoms. The molecule has 0 bridgehead atoms. The SMILES string of the molecule is CCN(Cc1cccs1)c1nc2ccc(N)cc2s1. The lowest BCUT2D eigenvalue weighted by molar-refractivity contribution is 0.838. The molecule has 0 fully saturated rings. The second kappa shape index (κ2) is 5.19. The predicted octanol–water partition coefficient (Wildman–Crippen LogP) is 3.97. The maximum absolute atomic E-state index is 5.82. The normalized spacial score (nSPS) is 11.0. The van der Waals surface area contributed by atoms with Gasteiger partial charge in [0.05, 0.1) is 16.8 Å². The fraction of sp³-hybridized carbons (Fsp3) is 0.214. The van der Waals surface area contributed by atoms with Gasteiger partial charge in [0.25, 0.3) is 0 Å². The average Bonchev–Trinajstić information content (AvgIpc) is 3.03. The molecule has 2 aromatic heterocycles. The quantitative estimate of drug-likeness (QED) is 0.739. The highest BCUT2D eigenvalue weighted by Crippen LogP contribution is 2.31. The summed E-state index contributed by atoms with van der Waals surface area (Å²) in [4.78, 5) is 8.36. The van der Waals surface area contributed by atoms with E-state index in [9.17, 15) is 0 Å². The second-order valence-corrected chi connectivity index (χ2v) is 6.36. The van der Waals surface area contributed by atoms with Crippen molar-refractivity contribution in [3.05, 3.63) is 40.6 Å². The molecule has 0 aliphatic heterocycles. The summed E-state index contributed by atoms with van der Waals surface area (Å²) in [5, 5.41) is 3.18. The minimum atomic E-state index is 0.795. The molecule has 1 aromatic carbocycles. The van der Waals surface area contributed by atoms with Crippen LogP contribution in [0, 0.1) is 0 Å². The van der Waals surface area contributed by atoms with Crippen molar-refractivity contribution >= 4 is 43.7 Å². The first-order valence-electron chi connectivity index (χ1n) is 6.19. The highest BCUT2D eigenvalue weighted by molar-refractivity contribution is 7.22. The van der Waals surface area contributed by atoms with Crippen LogP contribution < -0.4 is 10.6 Å². The molecule has 0 atom stereocenters. The van der Waals surface area contributed by atoms with Crippen LogP contribution in [0.25, 0.3) is 10.2 Å². The van der Waals surface area contributed by atoms with Crippen molar-refractivity contribution in [2.45, 2.75) is 13.5 Å². The third kappa shape index (κ3) is 2.57. The largest absolute Gasteiger partial charge is 0.399 e. The molecule has 5 heteroatoms. The zero-order chi connectivity index (χ0) is 13.2. The molecule has 0 aliphatic carbocycles. The number of thiazole rings is 1. The van der Waals surface area contributed by atoms with Crippen LogP contribution in [0.1, 0.15) is 11.8 Å². The zero-order valence-electron chi connectivity index (χ0n) is 10.7. The minimum absolute atomic E-state index is 0.795. The van der Waals surface area contributed by atoms with Gasteiger partial charge in [-0.05, 0) is 36.6 Å². The lowest BCUT2D eigenvalue weighted by atomic mass is 10.3. The number of hydrogen-bond acceptors (Lipinski definition) is 5. The number of rotatable bonds is 4. The molecule has 2 heterocycles. The molecule has 19 heavy (non-hydrogen) atoms. The van der Waals surface area contributed by atoms with E-state index in [1.54, 1.807) is 22.7 Å². The van der Waals surface area contributed by atoms with E-state index in [1.807, 2.05) is 18.2 Å². The number of fused-ring (bicyclic) bond motifs is 1. The van der Waals surface area contributed by atoms with E-state index in [2.05, 4.69) is 29.3 Å². The molecule has 3 nitrogen and oxygen atoms in total. The molecule has 0 amide bonds. The van der Waals surface area contributed by atoms with Gasteiger partial charge in [0.2, 0.25) is 0 Å². The third-order valence-corrected chi connectivity index (χ3v) is 4.92. The first-order chi connectivity index (χ1) is 9.26. The molecular formula is C14H15N3S2. The Bertz CT molecular complexity index is 673. The lowest BCUT2D eigenvalue weighted by Gasteiger charge is -2.18. The van der Waals surface area contributed by atoms with Gasteiger partial charge < -0.3 is 10.6 Å². The van der Waals surface area contributed by atoms with Crippen LogP contribution in [-0.2, 0) is 6.54 Å². The summed E-state index contributed by atoms with van der Waals surface area (Å²) in [6.07, 6.45) is 0. The van der Waals surface area contributed by atoms with Gasteiger partial charge in [-0.15, -0.1) is 11.3 Å². The van der Waals surface area contributed by atoms with Crippen LogP contribution in [0.2, 0.25) is 0 Å². The van der Waals surface area contributed by atoms with Crippen LogP contribution in [0.3, 0.4) is 0 Å². The Morgan fingerprint density at radius 1 is 1.32 bits per heavy atom. The molecule has 0 unspecified atom stereocenters. The molecule has 3 aromatic rings. The van der Waals surface area contributed by atoms with E-state index in [0.717, 1.165) is 34.1 Å². The van der Waals surface area contributed by atoms with Crippen molar-refractivity contribution in [3.63, 3.8) is 0 Å². The standard InChI is InChI=1S/C14H15N3S2/c1-2-17(9-11-4-3-7-18-11)14-16-12-6-5-10(15)8-13(12)19-14/h3-8H,2,9,15H2,1H3. The first kappa shape index (κ1) is 12.4. The highest BCUT2D eigenvalue weighted by atomic mass is 32.1. The second-order valence-electron chi connectivity index (χ2n) is 4.32. The fourth-order valence-electron chi connectivity index (χ4n) is 1.97. The third-order valence-electron chi connectivity index (χ3n) is 2.98. The van der Waals surface area contributed by atoms with Gasteiger partial charge in [0.1, 0.15) is 0 Å². The van der Waals surface area contributed by atoms with Crippen molar-refractivity contribution in [3.8, 4) is 0 Å². The summed E-state index contributed by atoms with van der Waals surface area (Å²) in [5.41, 5.74) is 7.64. The number of hydrogen-bond donors (Lipinski definition) is 1. The van der Waals surface area contributed by atoms with Crippen LogP contribution >= 0.6 is 22.7 Å². The predicted molar refractivity (Wildman–Crippen MR) is 85.1 cm³/mol. The lowest BCUT2D eigenvalue weighted by Crippen LogP contribution is -2.21. The Kier molecular flexibility index (Phi) is 3.40. The summed E-state index contributed by atoms with van der Waals surface area (Å²) in [5.74, 6) is 0. The average molecular weight is 289 g/mol. The molecule has 0 saturated heterocycles. The molecule has 0 aliphatic rings. The Morgan fingerprint density at radius 3 is 2.95 bits per heavy atom. The molecule has 2 N–H and O–H groups in total. The summed E-state index contributed by atoms with van der Waals surface area (Å²) in [6.45, 7) is 4.03. The minimum Gasteiger partial charge on any atom is -0.399 e. The van der Waals surface area contributed by atoms with Gasteiger partial charge in [-0.2, -0.15) is 0 Å². The van der Waals surface area contributed by atoms with Gasteiger partial charge in [0.15, 0.2) is 5.13 Å². The van der Waals surface area contributed by atoms with Crippen molar-refractivity contribution in [1.29, 1.82) is 0 Å². The first-order valence-corrected chi connectivity index (χ1v) is 7.89. The maximum atomic E-state index is 5.82. The summed E-state index contributed by atoms with van der Waals surface area (Å²) in [7, 11) is 0. The zero-order valence-corrected chi connectivity index (χ0v) is 12.3. The van der Waals surface area contributed by atoms with Gasteiger partial charge >= 0.3 is 0 Å². The number of nitrogens with two attached hydrogens (primary N) is 1. The Morgan fingerprint density at radius 2 is 2.21 bits per heavy atom. The Labute approximate surface area is 120 Å². The maximum Gasteiger partial charge on any atom is 0.186 e. The number of benzene rings is 1. The number of thiophene rings is 1. The Hall–Kier alpha value is -1.59. The van der Waals surface area contributed by atoms with E-state index < -0.39 is 0 Å².